The lowest BCUT2D eigenvalue weighted by molar-refractivity contribution is 0.110. The summed E-state index contributed by atoms with van der Waals surface area (Å²) in [5, 5.41) is 14.0. The zero-order valence-electron chi connectivity index (χ0n) is 10.4. The van der Waals surface area contributed by atoms with Crippen LogP contribution >= 0.6 is 11.3 Å². The topological polar surface area (TPSA) is 78.3 Å². The van der Waals surface area contributed by atoms with Crippen LogP contribution in [0.15, 0.2) is 0 Å². The summed E-state index contributed by atoms with van der Waals surface area (Å²) in [6.07, 6.45) is 4.47. The molecular weight excluding hydrogens is 250 g/mol. The molecule has 1 aliphatic rings. The van der Waals surface area contributed by atoms with E-state index in [-0.39, 0.29) is 6.10 Å². The van der Waals surface area contributed by atoms with Gasteiger partial charge in [-0.25, -0.2) is 0 Å². The van der Waals surface area contributed by atoms with Gasteiger partial charge < -0.3 is 10.5 Å². The second kappa shape index (κ2) is 4.91. The second-order valence-electron chi connectivity index (χ2n) is 4.67. The van der Waals surface area contributed by atoms with Crippen LogP contribution in [-0.4, -0.2) is 39.6 Å². The van der Waals surface area contributed by atoms with E-state index in [0.717, 1.165) is 22.2 Å². The lowest BCUT2D eigenvalue weighted by Crippen LogP contribution is -2.24. The minimum absolute atomic E-state index is 0.0287. The van der Waals surface area contributed by atoms with E-state index in [2.05, 4.69) is 15.3 Å². The molecule has 1 unspecified atom stereocenters. The molecule has 1 atom stereocenters. The van der Waals surface area contributed by atoms with Crippen LogP contribution in [0.2, 0.25) is 0 Å². The number of hydrogen-bond donors (Lipinski definition) is 1. The summed E-state index contributed by atoms with van der Waals surface area (Å²) in [6.45, 7) is 0.506. The molecule has 0 spiro atoms. The summed E-state index contributed by atoms with van der Waals surface area (Å²) in [5.74, 6) is 1.56. The molecule has 3 rings (SSSR count). The van der Waals surface area contributed by atoms with Gasteiger partial charge in [0.2, 0.25) is 4.96 Å². The molecule has 2 aromatic heterocycles. The van der Waals surface area contributed by atoms with Gasteiger partial charge in [-0.3, -0.25) is 0 Å². The maximum atomic E-state index is 5.63. The van der Waals surface area contributed by atoms with Gasteiger partial charge in [0.25, 0.3) is 0 Å². The Balaban J connectivity index is 1.84. The molecule has 2 N–H and O–H groups in total. The van der Waals surface area contributed by atoms with E-state index < -0.39 is 0 Å². The van der Waals surface area contributed by atoms with E-state index in [1.165, 1.54) is 19.3 Å². The number of ether oxygens (including phenoxy) is 1. The van der Waals surface area contributed by atoms with Crippen molar-refractivity contribution in [3.63, 3.8) is 0 Å². The van der Waals surface area contributed by atoms with E-state index >= 15 is 0 Å². The molecule has 2 heterocycles. The van der Waals surface area contributed by atoms with Crippen LogP contribution in [0, 0.1) is 0 Å². The highest BCUT2D eigenvalue weighted by molar-refractivity contribution is 7.16. The summed E-state index contributed by atoms with van der Waals surface area (Å²) in [5.41, 5.74) is 5.63. The highest BCUT2D eigenvalue weighted by atomic mass is 32.1. The number of rotatable bonds is 5. The van der Waals surface area contributed by atoms with Crippen LogP contribution in [0.5, 0.6) is 0 Å². The highest BCUT2D eigenvalue weighted by Crippen LogP contribution is 2.35. The Morgan fingerprint density at radius 3 is 2.94 bits per heavy atom. The Labute approximate surface area is 109 Å². The normalized spacial score (nSPS) is 18.1. The Kier molecular flexibility index (Phi) is 3.27. The fourth-order valence-corrected chi connectivity index (χ4v) is 3.04. The van der Waals surface area contributed by atoms with Gasteiger partial charge >= 0.3 is 0 Å². The summed E-state index contributed by atoms with van der Waals surface area (Å²) in [6, 6.07) is 0. The van der Waals surface area contributed by atoms with E-state index in [4.69, 9.17) is 10.5 Å². The zero-order chi connectivity index (χ0) is 12.5. The first kappa shape index (κ1) is 12.0. The van der Waals surface area contributed by atoms with E-state index in [9.17, 15) is 0 Å². The van der Waals surface area contributed by atoms with Crippen LogP contribution in [0.1, 0.15) is 36.0 Å². The van der Waals surface area contributed by atoms with Gasteiger partial charge in [-0.1, -0.05) is 17.8 Å². The summed E-state index contributed by atoms with van der Waals surface area (Å²) >= 11 is 1.57. The predicted octanol–water partition coefficient (Wildman–Crippen LogP) is 0.969. The van der Waals surface area contributed by atoms with Crippen molar-refractivity contribution in [1.29, 1.82) is 0 Å². The quantitative estimate of drug-likeness (QED) is 0.873. The number of nitrogens with two attached hydrogens (primary N) is 1. The van der Waals surface area contributed by atoms with Crippen molar-refractivity contribution in [2.45, 2.75) is 37.7 Å². The largest absolute Gasteiger partial charge is 0.380 e. The Morgan fingerprint density at radius 2 is 2.33 bits per heavy atom. The first-order valence-electron chi connectivity index (χ1n) is 6.25. The SMILES string of the molecule is COC(CN)Cc1nn2c(C3CCC3)nnc2s1. The number of aromatic nitrogens is 4. The third-order valence-corrected chi connectivity index (χ3v) is 4.45. The maximum Gasteiger partial charge on any atom is 0.234 e. The zero-order valence-corrected chi connectivity index (χ0v) is 11.2. The van der Waals surface area contributed by atoms with Crippen molar-refractivity contribution in [2.24, 2.45) is 5.73 Å². The molecule has 1 fully saturated rings. The molecule has 18 heavy (non-hydrogen) atoms. The van der Waals surface area contributed by atoms with Crippen LogP contribution in [-0.2, 0) is 11.2 Å². The van der Waals surface area contributed by atoms with Crippen LogP contribution < -0.4 is 5.73 Å². The van der Waals surface area contributed by atoms with Crippen molar-refractivity contribution < 1.29 is 4.74 Å². The lowest BCUT2D eigenvalue weighted by Gasteiger charge is -2.22. The van der Waals surface area contributed by atoms with Crippen molar-refractivity contribution in [2.75, 3.05) is 13.7 Å². The van der Waals surface area contributed by atoms with E-state index in [0.29, 0.717) is 12.5 Å². The average Bonchev–Trinajstić information content (AvgIpc) is 2.85. The van der Waals surface area contributed by atoms with Crippen molar-refractivity contribution >= 4 is 16.3 Å². The van der Waals surface area contributed by atoms with Crippen molar-refractivity contribution in [1.82, 2.24) is 19.8 Å². The maximum absolute atomic E-state index is 5.63. The highest BCUT2D eigenvalue weighted by Gasteiger charge is 2.26. The van der Waals surface area contributed by atoms with E-state index in [1.54, 1.807) is 18.4 Å². The smallest absolute Gasteiger partial charge is 0.234 e. The molecule has 98 valence electrons. The Bertz CT molecular complexity index is 529. The minimum Gasteiger partial charge on any atom is -0.380 e. The van der Waals surface area contributed by atoms with Crippen molar-refractivity contribution in [3.05, 3.63) is 10.8 Å². The standard InChI is InChI=1S/C11H17N5OS/c1-17-8(6-12)5-9-15-16-10(7-3-2-4-7)13-14-11(16)18-9/h7-8H,2-6,12H2,1H3. The molecule has 0 amide bonds. The molecule has 2 aromatic rings. The fraction of sp³-hybridized carbons (Fsp3) is 0.727. The monoisotopic (exact) mass is 267 g/mol. The number of methoxy groups -OCH3 is 1. The van der Waals surface area contributed by atoms with Gasteiger partial charge in [0.1, 0.15) is 5.01 Å². The molecule has 0 aromatic carbocycles. The third-order valence-electron chi connectivity index (χ3n) is 3.53. The average molecular weight is 267 g/mol. The van der Waals surface area contributed by atoms with Gasteiger partial charge in [0.05, 0.1) is 6.10 Å². The van der Waals surface area contributed by atoms with E-state index in [1.807, 2.05) is 4.52 Å². The molecule has 0 radical (unpaired) electrons. The van der Waals surface area contributed by atoms with Gasteiger partial charge in [0, 0.05) is 26.0 Å². The van der Waals surface area contributed by atoms with Crippen LogP contribution in [0.3, 0.4) is 0 Å². The van der Waals surface area contributed by atoms with Crippen LogP contribution in [0.4, 0.5) is 0 Å². The Hall–Kier alpha value is -1.05. The molecular formula is C11H17N5OS. The van der Waals surface area contributed by atoms with Gasteiger partial charge in [-0.05, 0) is 12.8 Å². The third kappa shape index (κ3) is 2.02. The molecule has 0 bridgehead atoms. The lowest BCUT2D eigenvalue weighted by atomic mass is 9.85. The van der Waals surface area contributed by atoms with Crippen LogP contribution in [0.25, 0.3) is 4.96 Å². The summed E-state index contributed by atoms with van der Waals surface area (Å²) < 4.78 is 7.18. The molecule has 7 heteroatoms. The molecule has 1 saturated carbocycles. The Morgan fingerprint density at radius 1 is 1.50 bits per heavy atom. The van der Waals surface area contributed by atoms with Gasteiger partial charge in [0.15, 0.2) is 5.82 Å². The molecule has 0 saturated heterocycles. The summed E-state index contributed by atoms with van der Waals surface area (Å²) in [7, 11) is 1.68. The predicted molar refractivity (Wildman–Crippen MR) is 68.8 cm³/mol. The molecule has 1 aliphatic carbocycles. The second-order valence-corrected chi connectivity index (χ2v) is 5.71. The first-order chi connectivity index (χ1) is 8.81. The minimum atomic E-state index is 0.0287. The van der Waals surface area contributed by atoms with Gasteiger partial charge in [-0.15, -0.1) is 10.2 Å². The molecule has 6 nitrogen and oxygen atoms in total. The first-order valence-corrected chi connectivity index (χ1v) is 7.07. The van der Waals surface area contributed by atoms with Crippen molar-refractivity contribution in [3.8, 4) is 0 Å². The summed E-state index contributed by atoms with van der Waals surface area (Å²) in [4.78, 5) is 0.874. The van der Waals surface area contributed by atoms with Gasteiger partial charge in [-0.2, -0.15) is 9.61 Å². The number of fused-ring (bicyclic) bond motifs is 1. The fourth-order valence-electron chi connectivity index (χ4n) is 2.13. The molecule has 0 aliphatic heterocycles. The number of hydrogen-bond acceptors (Lipinski definition) is 6. The number of nitrogens with zero attached hydrogens (tertiary/aromatic N) is 4.